The van der Waals surface area contributed by atoms with Gasteiger partial charge in [-0.1, -0.05) is 18.2 Å². The van der Waals surface area contributed by atoms with Crippen LogP contribution in [0, 0.1) is 20.8 Å². The number of hydrogen-bond acceptors (Lipinski definition) is 3. The summed E-state index contributed by atoms with van der Waals surface area (Å²) in [6.07, 6.45) is 3.22. The largest absolute Gasteiger partial charge is 0.496 e. The van der Waals surface area contributed by atoms with Gasteiger partial charge in [0.15, 0.2) is 0 Å². The van der Waals surface area contributed by atoms with E-state index in [1.54, 1.807) is 20.3 Å². The van der Waals surface area contributed by atoms with E-state index in [1.807, 2.05) is 25.1 Å². The number of aryl methyl sites for hydroxylation is 3. The van der Waals surface area contributed by atoms with Gasteiger partial charge in [0.2, 0.25) is 5.91 Å². The predicted molar refractivity (Wildman–Crippen MR) is 106 cm³/mol. The molecule has 0 saturated carbocycles. The highest BCUT2D eigenvalue weighted by atomic mass is 16.5. The van der Waals surface area contributed by atoms with Crippen LogP contribution in [0.3, 0.4) is 0 Å². The van der Waals surface area contributed by atoms with Crippen molar-refractivity contribution in [2.45, 2.75) is 33.7 Å². The van der Waals surface area contributed by atoms with Crippen LogP contribution in [0.5, 0.6) is 11.5 Å². The van der Waals surface area contributed by atoms with Gasteiger partial charge < -0.3 is 14.8 Å². The number of carbonyl (C=O) groups is 1. The third kappa shape index (κ3) is 4.45. The first kappa shape index (κ1) is 19.6. The van der Waals surface area contributed by atoms with Crippen LogP contribution in [-0.2, 0) is 4.79 Å². The van der Waals surface area contributed by atoms with Crippen LogP contribution < -0.4 is 14.8 Å². The van der Waals surface area contributed by atoms with E-state index in [-0.39, 0.29) is 11.9 Å². The summed E-state index contributed by atoms with van der Waals surface area (Å²) in [5.41, 5.74) is 5.53. The summed E-state index contributed by atoms with van der Waals surface area (Å²) in [5, 5.41) is 3.02. The number of amides is 1. The van der Waals surface area contributed by atoms with Gasteiger partial charge in [-0.3, -0.25) is 4.79 Å². The SMILES string of the molecule is COc1cccc(OC)c1/C=C/C(=O)NC(C)c1cc(C)c(C)cc1C. The number of hydrogen-bond donors (Lipinski definition) is 1. The van der Waals surface area contributed by atoms with Crippen LogP contribution in [0.25, 0.3) is 6.08 Å². The molecule has 0 aromatic heterocycles. The fourth-order valence-corrected chi connectivity index (χ4v) is 2.99. The smallest absolute Gasteiger partial charge is 0.244 e. The molecule has 2 aromatic rings. The van der Waals surface area contributed by atoms with Crippen LogP contribution in [0.4, 0.5) is 0 Å². The quantitative estimate of drug-likeness (QED) is 0.777. The number of rotatable bonds is 6. The summed E-state index contributed by atoms with van der Waals surface area (Å²) >= 11 is 0. The first-order valence-corrected chi connectivity index (χ1v) is 8.64. The van der Waals surface area contributed by atoms with Crippen molar-refractivity contribution in [1.29, 1.82) is 0 Å². The molecule has 2 aromatic carbocycles. The first-order valence-electron chi connectivity index (χ1n) is 8.64. The van der Waals surface area contributed by atoms with Crippen molar-refractivity contribution in [3.8, 4) is 11.5 Å². The maximum atomic E-state index is 12.4. The minimum absolute atomic E-state index is 0.0778. The molecule has 26 heavy (non-hydrogen) atoms. The Balaban J connectivity index is 2.17. The average Bonchev–Trinajstić information content (AvgIpc) is 2.62. The second kappa shape index (κ2) is 8.56. The Morgan fingerprint density at radius 2 is 1.58 bits per heavy atom. The van der Waals surface area contributed by atoms with E-state index in [1.165, 1.54) is 22.8 Å². The van der Waals surface area contributed by atoms with Crippen molar-refractivity contribution < 1.29 is 14.3 Å². The minimum Gasteiger partial charge on any atom is -0.496 e. The van der Waals surface area contributed by atoms with Crippen LogP contribution in [0.2, 0.25) is 0 Å². The number of ether oxygens (including phenoxy) is 2. The van der Waals surface area contributed by atoms with Gasteiger partial charge in [0.1, 0.15) is 11.5 Å². The molecule has 4 heteroatoms. The van der Waals surface area contributed by atoms with E-state index in [9.17, 15) is 4.79 Å². The molecule has 1 amide bonds. The highest BCUT2D eigenvalue weighted by Gasteiger charge is 2.12. The van der Waals surface area contributed by atoms with Gasteiger partial charge in [-0.2, -0.15) is 0 Å². The van der Waals surface area contributed by atoms with Crippen molar-refractivity contribution in [3.05, 3.63) is 64.2 Å². The molecule has 0 aliphatic rings. The lowest BCUT2D eigenvalue weighted by molar-refractivity contribution is -0.117. The fourth-order valence-electron chi connectivity index (χ4n) is 2.99. The Bertz CT molecular complexity index is 802. The normalized spacial score (nSPS) is 12.1. The fraction of sp³-hybridized carbons (Fsp3) is 0.318. The molecule has 138 valence electrons. The first-order chi connectivity index (χ1) is 12.4. The van der Waals surface area contributed by atoms with Gasteiger partial charge >= 0.3 is 0 Å². The summed E-state index contributed by atoms with van der Waals surface area (Å²) in [7, 11) is 3.19. The van der Waals surface area contributed by atoms with E-state index >= 15 is 0 Å². The Morgan fingerprint density at radius 3 is 2.15 bits per heavy atom. The molecule has 0 heterocycles. The summed E-state index contributed by atoms with van der Waals surface area (Å²) in [6.45, 7) is 8.24. The number of nitrogens with one attached hydrogen (secondary N) is 1. The molecule has 1 unspecified atom stereocenters. The highest BCUT2D eigenvalue weighted by molar-refractivity contribution is 5.92. The molecule has 0 aliphatic heterocycles. The lowest BCUT2D eigenvalue weighted by Gasteiger charge is -2.17. The van der Waals surface area contributed by atoms with Crippen molar-refractivity contribution in [2.75, 3.05) is 14.2 Å². The van der Waals surface area contributed by atoms with Crippen LogP contribution in [0.15, 0.2) is 36.4 Å². The van der Waals surface area contributed by atoms with E-state index < -0.39 is 0 Å². The molecular weight excluding hydrogens is 326 g/mol. The minimum atomic E-state index is -0.164. The van der Waals surface area contributed by atoms with Crippen molar-refractivity contribution in [2.24, 2.45) is 0 Å². The summed E-state index contributed by atoms with van der Waals surface area (Å²) in [5.74, 6) is 1.15. The van der Waals surface area contributed by atoms with Gasteiger partial charge in [-0.15, -0.1) is 0 Å². The number of methoxy groups -OCH3 is 2. The zero-order valence-corrected chi connectivity index (χ0v) is 16.3. The van der Waals surface area contributed by atoms with Gasteiger partial charge in [0.25, 0.3) is 0 Å². The molecule has 1 atom stereocenters. The summed E-state index contributed by atoms with van der Waals surface area (Å²) in [6, 6.07) is 9.74. The second-order valence-electron chi connectivity index (χ2n) is 6.43. The van der Waals surface area contributed by atoms with Gasteiger partial charge in [0, 0.05) is 6.08 Å². The zero-order valence-electron chi connectivity index (χ0n) is 16.3. The van der Waals surface area contributed by atoms with Crippen LogP contribution >= 0.6 is 0 Å². The zero-order chi connectivity index (χ0) is 19.3. The lowest BCUT2D eigenvalue weighted by Crippen LogP contribution is -2.25. The Hall–Kier alpha value is -2.75. The van der Waals surface area contributed by atoms with Crippen LogP contribution in [0.1, 0.15) is 40.8 Å². The second-order valence-corrected chi connectivity index (χ2v) is 6.43. The van der Waals surface area contributed by atoms with Crippen molar-refractivity contribution in [3.63, 3.8) is 0 Å². The molecule has 1 N–H and O–H groups in total. The Kier molecular flexibility index (Phi) is 6.45. The summed E-state index contributed by atoms with van der Waals surface area (Å²) in [4.78, 5) is 12.4. The molecule has 0 aliphatic carbocycles. The highest BCUT2D eigenvalue weighted by Crippen LogP contribution is 2.29. The van der Waals surface area contributed by atoms with E-state index in [0.717, 1.165) is 11.1 Å². The van der Waals surface area contributed by atoms with Crippen LogP contribution in [-0.4, -0.2) is 20.1 Å². The van der Waals surface area contributed by atoms with Gasteiger partial charge in [0.05, 0.1) is 25.8 Å². The predicted octanol–water partition coefficient (Wildman–Crippen LogP) is 4.52. The van der Waals surface area contributed by atoms with Gasteiger partial charge in [-0.25, -0.2) is 0 Å². The van der Waals surface area contributed by atoms with E-state index in [4.69, 9.17) is 9.47 Å². The molecule has 0 spiro atoms. The van der Waals surface area contributed by atoms with E-state index in [2.05, 4.69) is 38.2 Å². The Morgan fingerprint density at radius 1 is 1.00 bits per heavy atom. The third-order valence-corrected chi connectivity index (χ3v) is 4.57. The summed E-state index contributed by atoms with van der Waals surface area (Å²) < 4.78 is 10.7. The third-order valence-electron chi connectivity index (χ3n) is 4.57. The lowest BCUT2D eigenvalue weighted by atomic mass is 9.96. The Labute approximate surface area is 155 Å². The number of benzene rings is 2. The maximum absolute atomic E-state index is 12.4. The molecule has 0 fully saturated rings. The molecule has 2 rings (SSSR count). The topological polar surface area (TPSA) is 47.6 Å². The van der Waals surface area contributed by atoms with Crippen molar-refractivity contribution >= 4 is 12.0 Å². The standard InChI is InChI=1S/C22H27NO3/c1-14-12-16(3)19(13-15(14)2)17(4)23-22(24)11-10-18-20(25-5)8-7-9-21(18)26-6/h7-13,17H,1-6H3,(H,23,24)/b11-10+. The average molecular weight is 353 g/mol. The molecule has 0 radical (unpaired) electrons. The molecule has 0 bridgehead atoms. The molecule has 0 saturated heterocycles. The van der Waals surface area contributed by atoms with Crippen molar-refractivity contribution in [1.82, 2.24) is 5.32 Å². The van der Waals surface area contributed by atoms with Gasteiger partial charge in [-0.05, 0) is 68.2 Å². The molecule has 4 nitrogen and oxygen atoms in total. The monoisotopic (exact) mass is 353 g/mol. The maximum Gasteiger partial charge on any atom is 0.244 e. The number of carbonyl (C=O) groups excluding carboxylic acids is 1. The molecular formula is C22H27NO3. The van der Waals surface area contributed by atoms with E-state index in [0.29, 0.717) is 11.5 Å².